The first-order valence-corrected chi connectivity index (χ1v) is 16.4. The molecule has 10 rings (SSSR count). The van der Waals surface area contributed by atoms with Crippen LogP contribution in [0.15, 0.2) is 180 Å². The van der Waals surface area contributed by atoms with Crippen LogP contribution in [0, 0.1) is 0 Å². The summed E-state index contributed by atoms with van der Waals surface area (Å²) >= 11 is 0. The van der Waals surface area contributed by atoms with Crippen molar-refractivity contribution in [3.8, 4) is 11.1 Å². The predicted molar refractivity (Wildman–Crippen MR) is 204 cm³/mol. The van der Waals surface area contributed by atoms with E-state index < -0.39 is 0 Å². The summed E-state index contributed by atoms with van der Waals surface area (Å²) in [7, 11) is 0. The summed E-state index contributed by atoms with van der Waals surface area (Å²) in [5.74, 6) is 0. The van der Waals surface area contributed by atoms with E-state index in [0.717, 1.165) is 39.0 Å². The van der Waals surface area contributed by atoms with Gasteiger partial charge in [-0.05, 0) is 91.3 Å². The lowest BCUT2D eigenvalue weighted by atomic mass is 9.95. The van der Waals surface area contributed by atoms with Gasteiger partial charge in [0.15, 0.2) is 0 Å². The van der Waals surface area contributed by atoms with Gasteiger partial charge in [0.05, 0.1) is 5.69 Å². The number of fused-ring (bicyclic) bond motifs is 10. The van der Waals surface area contributed by atoms with Gasteiger partial charge in [0.25, 0.3) is 0 Å². The molecule has 0 unspecified atom stereocenters. The Kier molecular flexibility index (Phi) is 5.91. The van der Waals surface area contributed by atoms with Gasteiger partial charge in [-0.25, -0.2) is 0 Å². The van der Waals surface area contributed by atoms with Gasteiger partial charge in [-0.1, -0.05) is 133 Å². The molecule has 0 spiro atoms. The third kappa shape index (κ3) is 4.13. The molecule has 1 heterocycles. The van der Waals surface area contributed by atoms with Crippen molar-refractivity contribution in [1.82, 2.24) is 0 Å². The molecule has 224 valence electrons. The van der Waals surface area contributed by atoms with Crippen LogP contribution in [0.4, 0.5) is 17.1 Å². The van der Waals surface area contributed by atoms with E-state index in [1.807, 2.05) is 12.1 Å². The molecule has 0 saturated heterocycles. The van der Waals surface area contributed by atoms with Gasteiger partial charge in [0.1, 0.15) is 11.2 Å². The van der Waals surface area contributed by atoms with Crippen molar-refractivity contribution in [3.63, 3.8) is 0 Å². The molecule has 0 bridgehead atoms. The Morgan fingerprint density at radius 1 is 0.333 bits per heavy atom. The van der Waals surface area contributed by atoms with Gasteiger partial charge < -0.3 is 9.32 Å². The maximum absolute atomic E-state index is 6.24. The van der Waals surface area contributed by atoms with E-state index in [0.29, 0.717) is 0 Å². The molecule has 0 saturated carbocycles. The highest BCUT2D eigenvalue weighted by Crippen LogP contribution is 2.44. The first-order chi connectivity index (χ1) is 23.8. The molecule has 0 radical (unpaired) electrons. The second-order valence-corrected chi connectivity index (χ2v) is 12.5. The number of benzene rings is 9. The maximum Gasteiger partial charge on any atom is 0.136 e. The van der Waals surface area contributed by atoms with Crippen molar-refractivity contribution in [2.45, 2.75) is 0 Å². The average molecular weight is 612 g/mol. The SMILES string of the molecule is c1ccc(-c2cccc(N(c3ccc4c(ccc5oc6ccccc6c54)c3)c3cccc4c3ccc3ccc5ccccc5c34)c2)cc1. The Balaban J connectivity index is 1.25. The molecule has 0 aliphatic heterocycles. The normalized spacial score (nSPS) is 11.8. The molecule has 0 aliphatic rings. The molecule has 10 aromatic rings. The fourth-order valence-electron chi connectivity index (χ4n) is 7.60. The van der Waals surface area contributed by atoms with Gasteiger partial charge in [0, 0.05) is 27.5 Å². The van der Waals surface area contributed by atoms with Crippen LogP contribution < -0.4 is 4.90 Å². The third-order valence-corrected chi connectivity index (χ3v) is 9.80. The summed E-state index contributed by atoms with van der Waals surface area (Å²) in [4.78, 5) is 2.42. The summed E-state index contributed by atoms with van der Waals surface area (Å²) in [6, 6.07) is 63.4. The monoisotopic (exact) mass is 611 g/mol. The molecule has 0 fully saturated rings. The van der Waals surface area contributed by atoms with E-state index in [9.17, 15) is 0 Å². The number of nitrogens with zero attached hydrogens (tertiary/aromatic N) is 1. The van der Waals surface area contributed by atoms with Crippen LogP contribution in [0.2, 0.25) is 0 Å². The van der Waals surface area contributed by atoms with Crippen LogP contribution in [-0.4, -0.2) is 0 Å². The van der Waals surface area contributed by atoms with Crippen LogP contribution in [0.1, 0.15) is 0 Å². The molecule has 0 amide bonds. The second kappa shape index (κ2) is 10.6. The smallest absolute Gasteiger partial charge is 0.136 e. The van der Waals surface area contributed by atoms with E-state index in [1.165, 1.54) is 54.2 Å². The first kappa shape index (κ1) is 26.8. The van der Waals surface area contributed by atoms with Crippen LogP contribution in [0.3, 0.4) is 0 Å². The van der Waals surface area contributed by atoms with E-state index in [-0.39, 0.29) is 0 Å². The number of para-hydroxylation sites is 1. The minimum atomic E-state index is 0.914. The summed E-state index contributed by atoms with van der Waals surface area (Å²) in [6.07, 6.45) is 0. The van der Waals surface area contributed by atoms with Crippen LogP contribution >= 0.6 is 0 Å². The summed E-state index contributed by atoms with van der Waals surface area (Å²) < 4.78 is 6.24. The van der Waals surface area contributed by atoms with Crippen molar-refractivity contribution in [2.75, 3.05) is 4.90 Å². The number of hydrogen-bond donors (Lipinski definition) is 0. The fraction of sp³-hybridized carbons (Fsp3) is 0. The fourth-order valence-corrected chi connectivity index (χ4v) is 7.60. The molecule has 9 aromatic carbocycles. The zero-order chi connectivity index (χ0) is 31.6. The molecule has 48 heavy (non-hydrogen) atoms. The van der Waals surface area contributed by atoms with Gasteiger partial charge in [-0.15, -0.1) is 0 Å². The third-order valence-electron chi connectivity index (χ3n) is 9.80. The predicted octanol–water partition coefficient (Wildman–Crippen LogP) is 13.3. The maximum atomic E-state index is 6.24. The van der Waals surface area contributed by atoms with Crippen LogP contribution in [0.5, 0.6) is 0 Å². The molecule has 1 aromatic heterocycles. The van der Waals surface area contributed by atoms with E-state index >= 15 is 0 Å². The van der Waals surface area contributed by atoms with Gasteiger partial charge in [0.2, 0.25) is 0 Å². The molecular weight excluding hydrogens is 583 g/mol. The Morgan fingerprint density at radius 3 is 1.94 bits per heavy atom. The van der Waals surface area contributed by atoms with Gasteiger partial charge in [-0.2, -0.15) is 0 Å². The Morgan fingerprint density at radius 2 is 1.00 bits per heavy atom. The van der Waals surface area contributed by atoms with Crippen molar-refractivity contribution in [2.24, 2.45) is 0 Å². The zero-order valence-electron chi connectivity index (χ0n) is 26.1. The minimum absolute atomic E-state index is 0.914. The molecule has 2 heteroatoms. The second-order valence-electron chi connectivity index (χ2n) is 12.5. The Labute approximate surface area is 277 Å². The highest BCUT2D eigenvalue weighted by atomic mass is 16.3. The highest BCUT2D eigenvalue weighted by Gasteiger charge is 2.19. The van der Waals surface area contributed by atoms with Crippen LogP contribution in [0.25, 0.3) is 76.2 Å². The zero-order valence-corrected chi connectivity index (χ0v) is 26.1. The van der Waals surface area contributed by atoms with E-state index in [4.69, 9.17) is 4.42 Å². The summed E-state index contributed by atoms with van der Waals surface area (Å²) in [5, 5.41) is 12.2. The number of hydrogen-bond acceptors (Lipinski definition) is 2. The number of furan rings is 1. The lowest BCUT2D eigenvalue weighted by Gasteiger charge is -2.28. The van der Waals surface area contributed by atoms with E-state index in [1.54, 1.807) is 0 Å². The lowest BCUT2D eigenvalue weighted by Crippen LogP contribution is -2.10. The first-order valence-electron chi connectivity index (χ1n) is 16.4. The quantitative estimate of drug-likeness (QED) is 0.184. The molecule has 0 atom stereocenters. The molecule has 0 N–H and O–H groups in total. The lowest BCUT2D eigenvalue weighted by molar-refractivity contribution is 0.669. The van der Waals surface area contributed by atoms with Crippen molar-refractivity contribution < 1.29 is 4.42 Å². The van der Waals surface area contributed by atoms with Crippen LogP contribution in [-0.2, 0) is 0 Å². The average Bonchev–Trinajstić information content (AvgIpc) is 3.54. The largest absolute Gasteiger partial charge is 0.456 e. The molecule has 2 nitrogen and oxygen atoms in total. The van der Waals surface area contributed by atoms with E-state index in [2.05, 4.69) is 169 Å². The van der Waals surface area contributed by atoms with Gasteiger partial charge in [-0.3, -0.25) is 0 Å². The Hall–Kier alpha value is -6.38. The van der Waals surface area contributed by atoms with Crippen molar-refractivity contribution in [3.05, 3.63) is 176 Å². The highest BCUT2D eigenvalue weighted by molar-refractivity contribution is 6.23. The topological polar surface area (TPSA) is 16.4 Å². The van der Waals surface area contributed by atoms with Crippen molar-refractivity contribution in [1.29, 1.82) is 0 Å². The molecule has 0 aliphatic carbocycles. The number of rotatable bonds is 4. The van der Waals surface area contributed by atoms with Crippen molar-refractivity contribution >= 4 is 82.1 Å². The summed E-state index contributed by atoms with van der Waals surface area (Å²) in [6.45, 7) is 0. The standard InChI is InChI=1S/C46H29NO/c1-2-10-30(11-3-1)33-13-8-14-35(28-33)47(36-24-26-38-34(29-36)23-27-44-46(38)41-16-6-7-19-43(41)48-44)42-18-9-17-40-39(42)25-22-32-21-20-31-12-4-5-15-37(31)45(32)40/h1-29H. The van der Waals surface area contributed by atoms with Gasteiger partial charge >= 0.3 is 0 Å². The summed E-state index contributed by atoms with van der Waals surface area (Å²) in [5.41, 5.74) is 7.56. The Bertz CT molecular complexity index is 2850. The molecular formula is C46H29NO. The number of anilines is 3. The minimum Gasteiger partial charge on any atom is -0.456 e.